The Morgan fingerprint density at radius 1 is 1.10 bits per heavy atom. The van der Waals surface area contributed by atoms with E-state index in [1.165, 1.54) is 36.4 Å². The summed E-state index contributed by atoms with van der Waals surface area (Å²) in [5, 5.41) is 3.04. The van der Waals surface area contributed by atoms with Gasteiger partial charge in [-0.2, -0.15) is 0 Å². The second-order valence-electron chi connectivity index (χ2n) is 7.44. The Labute approximate surface area is 174 Å². The predicted molar refractivity (Wildman–Crippen MR) is 113 cm³/mol. The first-order chi connectivity index (χ1) is 14.1. The Balaban J connectivity index is 1.57. The number of amides is 2. The van der Waals surface area contributed by atoms with Gasteiger partial charge in [-0.25, -0.2) is 4.39 Å². The molecule has 2 aromatic carbocycles. The van der Waals surface area contributed by atoms with E-state index in [-0.39, 0.29) is 23.7 Å². The molecule has 0 radical (unpaired) electrons. The van der Waals surface area contributed by atoms with Crippen LogP contribution in [0.5, 0.6) is 0 Å². The summed E-state index contributed by atoms with van der Waals surface area (Å²) in [5.74, 6) is -0.736. The summed E-state index contributed by atoms with van der Waals surface area (Å²) in [6.07, 6.45) is 6.90. The lowest BCUT2D eigenvalue weighted by Crippen LogP contribution is -2.37. The first-order valence-electron chi connectivity index (χ1n) is 9.95. The van der Waals surface area contributed by atoms with Gasteiger partial charge in [0.2, 0.25) is 5.91 Å². The highest BCUT2D eigenvalue weighted by molar-refractivity contribution is 8.04. The molecule has 150 valence electrons. The number of carbonyl (C=O) groups excluding carboxylic acids is 2. The van der Waals surface area contributed by atoms with Crippen LogP contribution in [-0.4, -0.2) is 17.9 Å². The summed E-state index contributed by atoms with van der Waals surface area (Å²) in [6, 6.07) is 13.9. The summed E-state index contributed by atoms with van der Waals surface area (Å²) < 4.78 is 13.2. The van der Waals surface area contributed by atoms with E-state index in [1.54, 1.807) is 17.0 Å². The molecule has 2 aromatic rings. The molecule has 0 atom stereocenters. The quantitative estimate of drug-likeness (QED) is 0.737. The van der Waals surface area contributed by atoms with Crippen LogP contribution in [0.25, 0.3) is 0 Å². The first kappa shape index (κ1) is 19.7. The molecule has 0 bridgehead atoms. The molecule has 1 aliphatic heterocycles. The summed E-state index contributed by atoms with van der Waals surface area (Å²) in [7, 11) is 0. The average Bonchev–Trinajstić information content (AvgIpc) is 2.73. The Morgan fingerprint density at radius 3 is 2.59 bits per heavy atom. The molecule has 4 rings (SSSR count). The largest absolute Gasteiger partial charge is 0.350 e. The van der Waals surface area contributed by atoms with Crippen molar-refractivity contribution in [1.82, 2.24) is 5.32 Å². The van der Waals surface area contributed by atoms with Crippen molar-refractivity contribution in [3.63, 3.8) is 0 Å². The van der Waals surface area contributed by atoms with Crippen LogP contribution in [0.15, 0.2) is 64.4 Å². The van der Waals surface area contributed by atoms with E-state index in [4.69, 9.17) is 0 Å². The second kappa shape index (κ2) is 8.82. The number of thioether (sulfide) groups is 1. The lowest BCUT2D eigenvalue weighted by molar-refractivity contribution is -0.118. The van der Waals surface area contributed by atoms with E-state index in [9.17, 15) is 14.0 Å². The maximum Gasteiger partial charge on any atom is 0.265 e. The van der Waals surface area contributed by atoms with Crippen molar-refractivity contribution in [2.75, 3.05) is 4.90 Å². The standard InChI is InChI=1S/C23H23FN2O2S/c24-17-12-10-16(11-13-17)15-26-19-8-4-5-9-20(19)29-21(23(26)28)14-22(27)25-18-6-2-1-3-7-18/h4-5,8-14,18H,1-3,6-7,15H2,(H,25,27)/b21-14-. The van der Waals surface area contributed by atoms with Gasteiger partial charge < -0.3 is 10.2 Å². The lowest BCUT2D eigenvalue weighted by Gasteiger charge is -2.30. The Kier molecular flexibility index (Phi) is 6.00. The molecule has 29 heavy (non-hydrogen) atoms. The zero-order valence-corrected chi connectivity index (χ0v) is 16.9. The van der Waals surface area contributed by atoms with E-state index in [1.807, 2.05) is 24.3 Å². The predicted octanol–water partition coefficient (Wildman–Crippen LogP) is 4.80. The molecule has 1 heterocycles. The average molecular weight is 411 g/mol. The SMILES string of the molecule is O=C(/C=C1\Sc2ccccc2N(Cc2ccc(F)cc2)C1=O)NC1CCCCC1. The number of halogens is 1. The molecule has 2 aliphatic rings. The highest BCUT2D eigenvalue weighted by Crippen LogP contribution is 2.41. The molecule has 0 spiro atoms. The third-order valence-corrected chi connectivity index (χ3v) is 6.38. The molecule has 0 unspecified atom stereocenters. The molecule has 2 amide bonds. The number of hydrogen-bond donors (Lipinski definition) is 1. The van der Waals surface area contributed by atoms with Gasteiger partial charge in [0.05, 0.1) is 17.1 Å². The summed E-state index contributed by atoms with van der Waals surface area (Å²) >= 11 is 1.32. The van der Waals surface area contributed by atoms with Crippen molar-refractivity contribution in [2.45, 2.75) is 49.6 Å². The fourth-order valence-corrected chi connectivity index (χ4v) is 4.83. The van der Waals surface area contributed by atoms with Crippen molar-refractivity contribution in [2.24, 2.45) is 0 Å². The fraction of sp³-hybridized carbons (Fsp3) is 0.304. The maximum atomic E-state index is 13.2. The Morgan fingerprint density at radius 2 is 1.83 bits per heavy atom. The normalized spacial score (nSPS) is 18.6. The molecular formula is C23H23FN2O2S. The van der Waals surface area contributed by atoms with Gasteiger partial charge in [0, 0.05) is 17.0 Å². The monoisotopic (exact) mass is 410 g/mol. The number of nitrogens with zero attached hydrogens (tertiary/aromatic N) is 1. The van der Waals surface area contributed by atoms with Gasteiger partial charge in [0.25, 0.3) is 5.91 Å². The highest BCUT2D eigenvalue weighted by Gasteiger charge is 2.30. The van der Waals surface area contributed by atoms with Crippen molar-refractivity contribution in [3.8, 4) is 0 Å². The summed E-state index contributed by atoms with van der Waals surface area (Å²) in [6.45, 7) is 0.318. The topological polar surface area (TPSA) is 49.4 Å². The van der Waals surface area contributed by atoms with Gasteiger partial charge in [-0.1, -0.05) is 55.3 Å². The van der Waals surface area contributed by atoms with Crippen LogP contribution in [0.2, 0.25) is 0 Å². The molecule has 1 aliphatic carbocycles. The zero-order valence-electron chi connectivity index (χ0n) is 16.1. The number of nitrogens with one attached hydrogen (secondary N) is 1. The Bertz CT molecular complexity index is 936. The molecule has 4 nitrogen and oxygen atoms in total. The summed E-state index contributed by atoms with van der Waals surface area (Å²) in [4.78, 5) is 28.7. The van der Waals surface area contributed by atoms with Gasteiger partial charge in [-0.05, 0) is 42.7 Å². The van der Waals surface area contributed by atoms with Gasteiger partial charge in [-0.3, -0.25) is 9.59 Å². The lowest BCUT2D eigenvalue weighted by atomic mass is 9.95. The second-order valence-corrected chi connectivity index (χ2v) is 8.52. The van der Waals surface area contributed by atoms with Gasteiger partial charge >= 0.3 is 0 Å². The molecule has 0 aromatic heterocycles. The van der Waals surface area contributed by atoms with E-state index in [2.05, 4.69) is 5.32 Å². The number of para-hydroxylation sites is 1. The van der Waals surface area contributed by atoms with Crippen LogP contribution < -0.4 is 10.2 Å². The van der Waals surface area contributed by atoms with Crippen molar-refractivity contribution in [3.05, 3.63) is 70.9 Å². The minimum Gasteiger partial charge on any atom is -0.350 e. The minimum atomic E-state index is -0.311. The van der Waals surface area contributed by atoms with Crippen LogP contribution >= 0.6 is 11.8 Å². The number of hydrogen-bond acceptors (Lipinski definition) is 3. The third kappa shape index (κ3) is 4.70. The highest BCUT2D eigenvalue weighted by atomic mass is 32.2. The van der Waals surface area contributed by atoms with Gasteiger partial charge in [0.15, 0.2) is 0 Å². The van der Waals surface area contributed by atoms with E-state index in [0.29, 0.717) is 11.4 Å². The van der Waals surface area contributed by atoms with Crippen LogP contribution in [0.1, 0.15) is 37.7 Å². The van der Waals surface area contributed by atoms with Gasteiger partial charge in [0.1, 0.15) is 5.82 Å². The number of carbonyl (C=O) groups is 2. The molecule has 6 heteroatoms. The van der Waals surface area contributed by atoms with Crippen LogP contribution in [0.4, 0.5) is 10.1 Å². The van der Waals surface area contributed by atoms with E-state index < -0.39 is 0 Å². The minimum absolute atomic E-state index is 0.194. The molecular weight excluding hydrogens is 387 g/mol. The Hall–Kier alpha value is -2.60. The molecule has 1 N–H and O–H groups in total. The van der Waals surface area contributed by atoms with Crippen LogP contribution in [-0.2, 0) is 16.1 Å². The summed E-state index contributed by atoms with van der Waals surface area (Å²) in [5.41, 5.74) is 1.63. The smallest absolute Gasteiger partial charge is 0.265 e. The van der Waals surface area contributed by atoms with Crippen molar-refractivity contribution >= 4 is 29.3 Å². The molecule has 1 saturated carbocycles. The first-order valence-corrected chi connectivity index (χ1v) is 10.8. The number of anilines is 1. The van der Waals surface area contributed by atoms with Crippen LogP contribution in [0.3, 0.4) is 0 Å². The molecule has 0 saturated heterocycles. The van der Waals surface area contributed by atoms with Crippen molar-refractivity contribution in [1.29, 1.82) is 0 Å². The molecule has 1 fully saturated rings. The van der Waals surface area contributed by atoms with E-state index >= 15 is 0 Å². The third-order valence-electron chi connectivity index (χ3n) is 5.30. The van der Waals surface area contributed by atoms with Crippen molar-refractivity contribution < 1.29 is 14.0 Å². The maximum absolute atomic E-state index is 13.2. The van der Waals surface area contributed by atoms with Gasteiger partial charge in [-0.15, -0.1) is 0 Å². The zero-order chi connectivity index (χ0) is 20.2. The number of fused-ring (bicyclic) bond motifs is 1. The number of benzene rings is 2. The van der Waals surface area contributed by atoms with E-state index in [0.717, 1.165) is 41.8 Å². The number of rotatable bonds is 4. The van der Waals surface area contributed by atoms with Crippen LogP contribution in [0, 0.1) is 5.82 Å². The fourth-order valence-electron chi connectivity index (χ4n) is 3.80.